The van der Waals surface area contributed by atoms with Gasteiger partial charge in [0.15, 0.2) is 0 Å². The Morgan fingerprint density at radius 2 is 1.59 bits per heavy atom. The Morgan fingerprint density at radius 3 is 1.88 bits per heavy atom. The minimum atomic E-state index is 0.167. The van der Waals surface area contributed by atoms with Gasteiger partial charge in [0.1, 0.15) is 6.29 Å². The van der Waals surface area contributed by atoms with Crippen LogP contribution in [0.2, 0.25) is 0 Å². The first-order valence-electron chi connectivity index (χ1n) is 5.92. The molecule has 0 aliphatic heterocycles. The second-order valence-corrected chi connectivity index (χ2v) is 4.43. The Kier molecular flexibility index (Phi) is 13.8. The summed E-state index contributed by atoms with van der Waals surface area (Å²) in [6.07, 6.45) is 8.54. The van der Waals surface area contributed by atoms with Crippen molar-refractivity contribution in [2.24, 2.45) is 0 Å². The van der Waals surface area contributed by atoms with Crippen molar-refractivity contribution in [1.29, 1.82) is 0 Å². The van der Waals surface area contributed by atoms with Crippen LogP contribution in [0.4, 0.5) is 0 Å². The number of aldehydes is 1. The van der Waals surface area contributed by atoms with Crippen LogP contribution in [0.25, 0.3) is 0 Å². The molecule has 0 bridgehead atoms. The average molecular weight is 238 g/mol. The van der Waals surface area contributed by atoms with E-state index in [0.29, 0.717) is 0 Å². The maximum atomic E-state index is 9.54. The van der Waals surface area contributed by atoms with Crippen LogP contribution in [0.15, 0.2) is 34.9 Å². The molecule has 0 rings (SSSR count). The van der Waals surface area contributed by atoms with E-state index in [1.165, 1.54) is 17.2 Å². The highest BCUT2D eigenvalue weighted by Crippen LogP contribution is 2.05. The molecule has 0 radical (unpaired) electrons. The molecule has 0 aliphatic carbocycles. The lowest BCUT2D eigenvalue weighted by Crippen LogP contribution is -1.80. The number of aliphatic hydroxyl groups excluding tert-OH is 1. The molecular weight excluding hydrogens is 212 g/mol. The van der Waals surface area contributed by atoms with Crippen LogP contribution in [0.1, 0.15) is 47.5 Å². The summed E-state index contributed by atoms with van der Waals surface area (Å²) in [7, 11) is 0. The molecule has 0 aromatic heterocycles. The summed E-state index contributed by atoms with van der Waals surface area (Å²) in [5.74, 6) is 0. The normalized spacial score (nSPS) is 9.88. The first kappa shape index (κ1) is 18.2. The third-order valence-electron chi connectivity index (χ3n) is 1.93. The fraction of sp³-hybridized carbons (Fsp3) is 0.533. The van der Waals surface area contributed by atoms with Crippen molar-refractivity contribution >= 4 is 6.29 Å². The summed E-state index contributed by atoms with van der Waals surface area (Å²) in [5.41, 5.74) is 3.68. The van der Waals surface area contributed by atoms with E-state index in [9.17, 15) is 4.79 Å². The lowest BCUT2D eigenvalue weighted by Gasteiger charge is -1.96. The molecule has 0 aliphatic rings. The number of rotatable bonds is 5. The van der Waals surface area contributed by atoms with Gasteiger partial charge in [-0.15, -0.1) is 0 Å². The summed E-state index contributed by atoms with van der Waals surface area (Å²) >= 11 is 0. The van der Waals surface area contributed by atoms with E-state index in [4.69, 9.17) is 5.11 Å². The summed E-state index contributed by atoms with van der Waals surface area (Å²) in [6, 6.07) is 0. The number of carbonyl (C=O) groups excluding carboxylic acids is 1. The standard InChI is InChI=1S/C10H18O.C5H8O/c1-9(2)5-4-6-10(3)7-8-11;1-5(2)3-4-6/h5,7,11H,4,6,8H2,1-3H3;3-4H,1-2H3/b10-7+;. The minimum absolute atomic E-state index is 0.167. The molecule has 0 heterocycles. The number of aliphatic hydroxyl groups is 1. The molecule has 17 heavy (non-hydrogen) atoms. The number of carbonyl (C=O) groups is 1. The van der Waals surface area contributed by atoms with Gasteiger partial charge in [0.05, 0.1) is 6.61 Å². The molecule has 0 amide bonds. The van der Waals surface area contributed by atoms with Crippen LogP contribution >= 0.6 is 0 Å². The van der Waals surface area contributed by atoms with Gasteiger partial charge in [0.25, 0.3) is 0 Å². The van der Waals surface area contributed by atoms with Crippen LogP contribution in [0.5, 0.6) is 0 Å². The lowest BCUT2D eigenvalue weighted by molar-refractivity contribution is -0.104. The zero-order chi connectivity index (χ0) is 13.7. The maximum Gasteiger partial charge on any atom is 0.142 e. The molecule has 2 heteroatoms. The summed E-state index contributed by atoms with van der Waals surface area (Å²) in [6.45, 7) is 10.2. The van der Waals surface area contributed by atoms with Gasteiger partial charge in [-0.2, -0.15) is 0 Å². The smallest absolute Gasteiger partial charge is 0.142 e. The van der Waals surface area contributed by atoms with E-state index in [1.807, 2.05) is 19.9 Å². The highest BCUT2D eigenvalue weighted by Gasteiger charge is 1.86. The van der Waals surface area contributed by atoms with Crippen molar-refractivity contribution in [3.8, 4) is 0 Å². The zero-order valence-corrected chi connectivity index (χ0v) is 11.8. The van der Waals surface area contributed by atoms with Crippen molar-refractivity contribution in [1.82, 2.24) is 0 Å². The second-order valence-electron chi connectivity index (χ2n) is 4.43. The molecule has 0 spiro atoms. The summed E-state index contributed by atoms with van der Waals surface area (Å²) in [5, 5.41) is 8.55. The molecule has 0 atom stereocenters. The lowest BCUT2D eigenvalue weighted by atomic mass is 10.1. The van der Waals surface area contributed by atoms with E-state index < -0.39 is 0 Å². The Bertz CT molecular complexity index is 275. The van der Waals surface area contributed by atoms with Gasteiger partial charge < -0.3 is 5.11 Å². The Labute approximate surface area is 106 Å². The fourth-order valence-electron chi connectivity index (χ4n) is 0.982. The fourth-order valence-corrected chi connectivity index (χ4v) is 0.982. The van der Waals surface area contributed by atoms with E-state index in [2.05, 4.69) is 26.8 Å². The van der Waals surface area contributed by atoms with Crippen LogP contribution in [0.3, 0.4) is 0 Å². The van der Waals surface area contributed by atoms with E-state index in [0.717, 1.165) is 24.7 Å². The molecule has 0 aromatic carbocycles. The van der Waals surface area contributed by atoms with E-state index in [-0.39, 0.29) is 6.61 Å². The number of allylic oxidation sites excluding steroid dienone is 5. The third-order valence-corrected chi connectivity index (χ3v) is 1.93. The van der Waals surface area contributed by atoms with Gasteiger partial charge >= 0.3 is 0 Å². The van der Waals surface area contributed by atoms with Crippen molar-refractivity contribution in [2.45, 2.75) is 47.5 Å². The number of hydrogen-bond donors (Lipinski definition) is 1. The molecule has 98 valence electrons. The average Bonchev–Trinajstić information content (AvgIpc) is 2.18. The monoisotopic (exact) mass is 238 g/mol. The van der Waals surface area contributed by atoms with Crippen LogP contribution < -0.4 is 0 Å². The largest absolute Gasteiger partial charge is 0.392 e. The van der Waals surface area contributed by atoms with Crippen LogP contribution in [-0.4, -0.2) is 18.0 Å². The molecule has 0 unspecified atom stereocenters. The molecule has 2 nitrogen and oxygen atoms in total. The Balaban J connectivity index is 0. The molecular formula is C15H26O2. The van der Waals surface area contributed by atoms with Gasteiger partial charge in [-0.25, -0.2) is 0 Å². The quantitative estimate of drug-likeness (QED) is 0.449. The van der Waals surface area contributed by atoms with E-state index >= 15 is 0 Å². The zero-order valence-electron chi connectivity index (χ0n) is 11.8. The maximum absolute atomic E-state index is 9.54. The van der Waals surface area contributed by atoms with Crippen LogP contribution in [-0.2, 0) is 4.79 Å². The number of hydrogen-bond acceptors (Lipinski definition) is 2. The second kappa shape index (κ2) is 12.9. The minimum Gasteiger partial charge on any atom is -0.392 e. The van der Waals surface area contributed by atoms with Crippen molar-refractivity contribution in [3.63, 3.8) is 0 Å². The topological polar surface area (TPSA) is 37.3 Å². The summed E-state index contributed by atoms with van der Waals surface area (Å²) in [4.78, 5) is 9.54. The SMILES string of the molecule is CC(C)=CC=O.CC(C)=CCC/C(C)=C/CO. The first-order chi connectivity index (χ1) is 7.93. The predicted molar refractivity (Wildman–Crippen MR) is 75.0 cm³/mol. The molecule has 0 fully saturated rings. The van der Waals surface area contributed by atoms with Gasteiger partial charge in [-0.1, -0.05) is 28.9 Å². The molecule has 0 aromatic rings. The summed E-state index contributed by atoms with van der Waals surface area (Å²) < 4.78 is 0. The van der Waals surface area contributed by atoms with Crippen molar-refractivity contribution < 1.29 is 9.90 Å². The third kappa shape index (κ3) is 20.8. The predicted octanol–water partition coefficient (Wildman–Crippen LogP) is 3.82. The van der Waals surface area contributed by atoms with E-state index in [1.54, 1.807) is 0 Å². The van der Waals surface area contributed by atoms with Crippen molar-refractivity contribution in [3.05, 3.63) is 34.9 Å². The van der Waals surface area contributed by atoms with Gasteiger partial charge in [-0.3, -0.25) is 4.79 Å². The van der Waals surface area contributed by atoms with Gasteiger partial charge in [-0.05, 0) is 53.5 Å². The molecule has 0 saturated carbocycles. The van der Waals surface area contributed by atoms with Gasteiger partial charge in [0, 0.05) is 0 Å². The first-order valence-corrected chi connectivity index (χ1v) is 5.92. The van der Waals surface area contributed by atoms with Gasteiger partial charge in [0.2, 0.25) is 0 Å². The Hall–Kier alpha value is -1.15. The van der Waals surface area contributed by atoms with Crippen molar-refractivity contribution in [2.75, 3.05) is 6.61 Å². The molecule has 1 N–H and O–H groups in total. The van der Waals surface area contributed by atoms with Crippen LogP contribution in [0, 0.1) is 0 Å². The highest BCUT2D eigenvalue weighted by molar-refractivity contribution is 5.65. The highest BCUT2D eigenvalue weighted by atomic mass is 16.2. The Morgan fingerprint density at radius 1 is 1.00 bits per heavy atom. The molecule has 0 saturated heterocycles.